The van der Waals surface area contributed by atoms with E-state index < -0.39 is 0 Å². The molecule has 1 unspecified atom stereocenters. The van der Waals surface area contributed by atoms with Crippen LogP contribution in [-0.2, 0) is 10.8 Å². The van der Waals surface area contributed by atoms with Crippen molar-refractivity contribution in [1.82, 2.24) is 4.90 Å². The first kappa shape index (κ1) is 28.0. The number of rotatable bonds is 5. The number of benzene rings is 3. The average molecular weight is 518 g/mol. The molecule has 0 bridgehead atoms. The summed E-state index contributed by atoms with van der Waals surface area (Å²) in [5.74, 6) is 0.210. The van der Waals surface area contributed by atoms with Crippen molar-refractivity contribution in [2.45, 2.75) is 58.4 Å². The van der Waals surface area contributed by atoms with E-state index in [9.17, 15) is 9.50 Å². The van der Waals surface area contributed by atoms with Crippen LogP contribution in [0.1, 0.15) is 69.8 Å². The van der Waals surface area contributed by atoms with Crippen molar-refractivity contribution in [1.29, 1.82) is 0 Å². The zero-order valence-corrected chi connectivity index (χ0v) is 24.3. The number of hydrogen-bond donors (Lipinski definition) is 1. The molecule has 1 aliphatic heterocycles. The summed E-state index contributed by atoms with van der Waals surface area (Å²) in [7, 11) is 4.12. The Morgan fingerprint density at radius 2 is 1.24 bits per heavy atom. The molecule has 0 aliphatic carbocycles. The lowest BCUT2D eigenvalue weighted by Crippen LogP contribution is -2.48. The van der Waals surface area contributed by atoms with Crippen molar-refractivity contribution < 1.29 is 9.50 Å². The first-order chi connectivity index (χ1) is 17.8. The van der Waals surface area contributed by atoms with E-state index in [1.165, 1.54) is 28.9 Å². The van der Waals surface area contributed by atoms with E-state index in [4.69, 9.17) is 0 Å². The van der Waals surface area contributed by atoms with Crippen LogP contribution >= 0.6 is 0 Å². The molecule has 38 heavy (non-hydrogen) atoms. The maximum Gasteiger partial charge on any atom is 0.123 e. The molecule has 1 N–H and O–H groups in total. The van der Waals surface area contributed by atoms with Crippen LogP contribution in [0.15, 0.2) is 60.7 Å². The highest BCUT2D eigenvalue weighted by Crippen LogP contribution is 2.43. The van der Waals surface area contributed by atoms with Gasteiger partial charge in [0.1, 0.15) is 11.6 Å². The van der Waals surface area contributed by atoms with E-state index >= 15 is 0 Å². The maximum atomic E-state index is 13.5. The molecule has 4 rings (SSSR count). The van der Waals surface area contributed by atoms with Gasteiger partial charge in [0.05, 0.1) is 6.04 Å². The molecule has 1 heterocycles. The monoisotopic (exact) mass is 517 g/mol. The van der Waals surface area contributed by atoms with Crippen LogP contribution in [0.25, 0.3) is 0 Å². The number of hydrogen-bond acceptors (Lipinski definition) is 4. The Balaban J connectivity index is 1.77. The number of aromatic hydroxyl groups is 1. The van der Waals surface area contributed by atoms with E-state index in [0.29, 0.717) is 5.75 Å². The van der Waals surface area contributed by atoms with E-state index in [1.807, 2.05) is 12.1 Å². The summed E-state index contributed by atoms with van der Waals surface area (Å²) in [6.45, 7) is 16.5. The summed E-state index contributed by atoms with van der Waals surface area (Å²) >= 11 is 0. The third-order valence-electron chi connectivity index (χ3n) is 7.66. The largest absolute Gasteiger partial charge is 0.507 e. The van der Waals surface area contributed by atoms with Crippen molar-refractivity contribution in [2.75, 3.05) is 50.1 Å². The van der Waals surface area contributed by atoms with Gasteiger partial charge in [0.15, 0.2) is 0 Å². The second-order valence-electron chi connectivity index (χ2n) is 12.9. The van der Waals surface area contributed by atoms with Gasteiger partial charge in [-0.3, -0.25) is 4.90 Å². The molecule has 3 aromatic rings. The fraction of sp³-hybridized carbons (Fsp3) is 0.455. The lowest BCUT2D eigenvalue weighted by atomic mass is 9.77. The first-order valence-electron chi connectivity index (χ1n) is 13.7. The van der Waals surface area contributed by atoms with Crippen LogP contribution in [0, 0.1) is 5.82 Å². The highest BCUT2D eigenvalue weighted by Gasteiger charge is 2.32. The van der Waals surface area contributed by atoms with Crippen LogP contribution in [-0.4, -0.2) is 50.3 Å². The topological polar surface area (TPSA) is 30.0 Å². The summed E-state index contributed by atoms with van der Waals surface area (Å²) < 4.78 is 13.5. The summed E-state index contributed by atoms with van der Waals surface area (Å²) in [5, 5.41) is 11.4. The maximum absolute atomic E-state index is 13.5. The van der Waals surface area contributed by atoms with Crippen molar-refractivity contribution in [2.24, 2.45) is 0 Å². The highest BCUT2D eigenvalue weighted by atomic mass is 19.1. The summed E-state index contributed by atoms with van der Waals surface area (Å²) in [6, 6.07) is 20.2. The van der Waals surface area contributed by atoms with Crippen molar-refractivity contribution in [3.63, 3.8) is 0 Å². The van der Waals surface area contributed by atoms with E-state index in [0.717, 1.165) is 43.0 Å². The van der Waals surface area contributed by atoms with Gasteiger partial charge in [0, 0.05) is 51.6 Å². The van der Waals surface area contributed by atoms with Gasteiger partial charge >= 0.3 is 0 Å². The second kappa shape index (κ2) is 10.6. The number of anilines is 2. The minimum absolute atomic E-state index is 0.0596. The predicted molar refractivity (Wildman–Crippen MR) is 158 cm³/mol. The summed E-state index contributed by atoms with van der Waals surface area (Å²) in [4.78, 5) is 7.01. The Labute approximate surface area is 228 Å². The number of phenols is 1. The Kier molecular flexibility index (Phi) is 7.81. The van der Waals surface area contributed by atoms with Crippen LogP contribution in [0.2, 0.25) is 0 Å². The Morgan fingerprint density at radius 1 is 0.737 bits per heavy atom. The lowest BCUT2D eigenvalue weighted by Gasteiger charge is -2.41. The van der Waals surface area contributed by atoms with E-state index in [2.05, 4.69) is 107 Å². The molecule has 0 amide bonds. The number of nitrogens with zero attached hydrogens (tertiary/aromatic N) is 3. The van der Waals surface area contributed by atoms with Gasteiger partial charge in [-0.05, 0) is 81.6 Å². The van der Waals surface area contributed by atoms with Gasteiger partial charge < -0.3 is 14.9 Å². The summed E-state index contributed by atoms with van der Waals surface area (Å²) in [5.41, 5.74) is 6.28. The van der Waals surface area contributed by atoms with Crippen LogP contribution < -0.4 is 9.80 Å². The molecule has 1 fully saturated rings. The van der Waals surface area contributed by atoms with Gasteiger partial charge in [-0.2, -0.15) is 0 Å². The number of halogens is 1. The van der Waals surface area contributed by atoms with Gasteiger partial charge in [-0.1, -0.05) is 53.7 Å². The molecular formula is C33H44FN3O. The molecule has 1 saturated heterocycles. The van der Waals surface area contributed by atoms with Crippen LogP contribution in [0.3, 0.4) is 0 Å². The van der Waals surface area contributed by atoms with E-state index in [1.54, 1.807) is 0 Å². The number of piperazine rings is 1. The molecule has 4 nitrogen and oxygen atoms in total. The second-order valence-corrected chi connectivity index (χ2v) is 12.9. The summed E-state index contributed by atoms with van der Waals surface area (Å²) in [6.07, 6.45) is 0. The van der Waals surface area contributed by atoms with Crippen LogP contribution in [0.5, 0.6) is 5.75 Å². The smallest absolute Gasteiger partial charge is 0.123 e. The number of phenolic OH excluding ortho intramolecular Hbond substituents is 1. The van der Waals surface area contributed by atoms with Gasteiger partial charge in [0.25, 0.3) is 0 Å². The molecule has 0 radical (unpaired) electrons. The molecular weight excluding hydrogens is 473 g/mol. The lowest BCUT2D eigenvalue weighted by molar-refractivity contribution is 0.212. The molecule has 204 valence electrons. The zero-order valence-electron chi connectivity index (χ0n) is 24.3. The normalized spacial score (nSPS) is 16.0. The SMILES string of the molecule is CN(C)c1ccc(C(c2cc(C(C)(C)C)c(O)c(C(C)(C)C)c2)N2CCN(c3ccc(F)cc3)CC2)cc1. The predicted octanol–water partition coefficient (Wildman–Crippen LogP) is 7.10. The average Bonchev–Trinajstić information content (AvgIpc) is 2.85. The minimum atomic E-state index is -0.203. The third kappa shape index (κ3) is 5.99. The fourth-order valence-electron chi connectivity index (χ4n) is 5.42. The molecule has 0 spiro atoms. The molecule has 0 saturated carbocycles. The van der Waals surface area contributed by atoms with Crippen molar-refractivity contribution in [3.8, 4) is 5.75 Å². The highest BCUT2D eigenvalue weighted by molar-refractivity contribution is 5.54. The van der Waals surface area contributed by atoms with Crippen molar-refractivity contribution >= 4 is 11.4 Å². The molecule has 5 heteroatoms. The minimum Gasteiger partial charge on any atom is -0.507 e. The molecule has 0 aromatic heterocycles. The standard InChI is InChI=1S/C33H44FN3O/c1-32(2,3)28-21-24(22-29(31(28)38)33(4,5)6)30(23-9-13-26(14-10-23)35(7)8)37-19-17-36(18-20-37)27-15-11-25(34)12-16-27/h9-16,21-22,30,38H,17-20H2,1-8H3. The molecule has 3 aromatic carbocycles. The zero-order chi connectivity index (χ0) is 27.8. The van der Waals surface area contributed by atoms with Gasteiger partial charge in [0.2, 0.25) is 0 Å². The van der Waals surface area contributed by atoms with Gasteiger partial charge in [-0.15, -0.1) is 0 Å². The Bertz CT molecular complexity index is 1190. The first-order valence-corrected chi connectivity index (χ1v) is 13.7. The fourth-order valence-corrected chi connectivity index (χ4v) is 5.42. The van der Waals surface area contributed by atoms with Crippen LogP contribution in [0.4, 0.5) is 15.8 Å². The van der Waals surface area contributed by atoms with Crippen molar-refractivity contribution in [3.05, 3.63) is 88.7 Å². The third-order valence-corrected chi connectivity index (χ3v) is 7.66. The Morgan fingerprint density at radius 3 is 1.68 bits per heavy atom. The quantitative estimate of drug-likeness (QED) is 0.391. The van der Waals surface area contributed by atoms with E-state index in [-0.39, 0.29) is 22.7 Å². The Hall–Kier alpha value is -3.05. The molecule has 1 atom stereocenters. The molecule has 1 aliphatic rings. The van der Waals surface area contributed by atoms with Gasteiger partial charge in [-0.25, -0.2) is 4.39 Å².